The first-order valence-corrected chi connectivity index (χ1v) is 8.16. The molecule has 0 aliphatic heterocycles. The van der Waals surface area contributed by atoms with E-state index in [2.05, 4.69) is 18.6 Å². The van der Waals surface area contributed by atoms with E-state index in [1.165, 1.54) is 7.11 Å². The van der Waals surface area contributed by atoms with Crippen LogP contribution in [0.4, 0.5) is 0 Å². The van der Waals surface area contributed by atoms with Gasteiger partial charge in [0.05, 0.1) is 60.0 Å². The molecule has 0 N–H and O–H groups in total. The summed E-state index contributed by atoms with van der Waals surface area (Å²) in [7, 11) is 1.32. The lowest BCUT2D eigenvalue weighted by molar-refractivity contribution is -0.146. The monoisotopic (exact) mass is 336 g/mol. The molecule has 0 rings (SSSR count). The van der Waals surface area contributed by atoms with E-state index in [9.17, 15) is 4.79 Å². The summed E-state index contributed by atoms with van der Waals surface area (Å²) in [6.45, 7) is 9.13. The van der Waals surface area contributed by atoms with Crippen LogP contribution >= 0.6 is 0 Å². The maximum absolute atomic E-state index is 10.7. The van der Waals surface area contributed by atoms with Gasteiger partial charge < -0.3 is 28.4 Å². The number of hydrogen-bond acceptors (Lipinski definition) is 7. The second kappa shape index (κ2) is 17.6. The molecule has 23 heavy (non-hydrogen) atoms. The van der Waals surface area contributed by atoms with Crippen LogP contribution in [0.25, 0.3) is 0 Å². The summed E-state index contributed by atoms with van der Waals surface area (Å²) in [5.41, 5.74) is 0. The van der Waals surface area contributed by atoms with Crippen molar-refractivity contribution in [2.75, 3.05) is 73.2 Å². The van der Waals surface area contributed by atoms with Gasteiger partial charge >= 0.3 is 5.97 Å². The predicted molar refractivity (Wildman–Crippen MR) is 85.6 cm³/mol. The molecule has 0 saturated heterocycles. The average molecular weight is 336 g/mol. The maximum atomic E-state index is 10.7. The number of esters is 1. The highest BCUT2D eigenvalue weighted by Gasteiger charge is 1.99. The number of rotatable bonds is 17. The van der Waals surface area contributed by atoms with Crippen molar-refractivity contribution in [2.24, 2.45) is 5.92 Å². The van der Waals surface area contributed by atoms with Crippen LogP contribution in [-0.4, -0.2) is 79.1 Å². The smallest absolute Gasteiger partial charge is 0.331 e. The molecule has 0 aliphatic carbocycles. The highest BCUT2D eigenvalue weighted by atomic mass is 16.6. The second-order valence-corrected chi connectivity index (χ2v) is 5.05. The van der Waals surface area contributed by atoms with Crippen molar-refractivity contribution in [3.8, 4) is 0 Å². The Morgan fingerprint density at radius 2 is 1.22 bits per heavy atom. The van der Waals surface area contributed by atoms with Crippen molar-refractivity contribution in [2.45, 2.75) is 20.3 Å². The largest absolute Gasteiger partial charge is 0.467 e. The van der Waals surface area contributed by atoms with Gasteiger partial charge in [0, 0.05) is 6.61 Å². The third kappa shape index (κ3) is 17.5. The summed E-state index contributed by atoms with van der Waals surface area (Å²) < 4.78 is 31.0. The lowest BCUT2D eigenvalue weighted by Gasteiger charge is -2.10. The molecular formula is C16H32O7. The van der Waals surface area contributed by atoms with Gasteiger partial charge in [0.15, 0.2) is 0 Å². The molecule has 7 nitrogen and oxygen atoms in total. The lowest BCUT2D eigenvalue weighted by Crippen LogP contribution is -2.15. The van der Waals surface area contributed by atoms with Crippen molar-refractivity contribution >= 4 is 5.97 Å². The fraction of sp³-hybridized carbons (Fsp3) is 0.938. The molecule has 0 saturated carbocycles. The molecule has 138 valence electrons. The second-order valence-electron chi connectivity index (χ2n) is 5.05. The Morgan fingerprint density at radius 1 is 0.783 bits per heavy atom. The normalized spacial score (nSPS) is 12.3. The number of hydrogen-bond donors (Lipinski definition) is 0. The first kappa shape index (κ1) is 22.3. The van der Waals surface area contributed by atoms with Crippen LogP contribution in [-0.2, 0) is 33.2 Å². The van der Waals surface area contributed by atoms with Crippen LogP contribution in [0.1, 0.15) is 20.3 Å². The van der Waals surface area contributed by atoms with Gasteiger partial charge in [-0.3, -0.25) is 0 Å². The Bertz CT molecular complexity index is 261. The van der Waals surface area contributed by atoms with Crippen molar-refractivity contribution < 1.29 is 33.2 Å². The van der Waals surface area contributed by atoms with Crippen LogP contribution in [0.5, 0.6) is 0 Å². The van der Waals surface area contributed by atoms with Crippen LogP contribution in [0, 0.1) is 5.92 Å². The van der Waals surface area contributed by atoms with E-state index < -0.39 is 5.97 Å². The summed E-state index contributed by atoms with van der Waals surface area (Å²) in [6.07, 6.45) is 1.13. The van der Waals surface area contributed by atoms with Crippen LogP contribution < -0.4 is 0 Å². The number of methoxy groups -OCH3 is 1. The van der Waals surface area contributed by atoms with Gasteiger partial charge in [-0.05, 0) is 5.92 Å². The van der Waals surface area contributed by atoms with E-state index in [1.807, 2.05) is 0 Å². The van der Waals surface area contributed by atoms with Gasteiger partial charge in [0.2, 0.25) is 0 Å². The maximum Gasteiger partial charge on any atom is 0.331 e. The van der Waals surface area contributed by atoms with Gasteiger partial charge in [-0.25, -0.2) is 4.79 Å². The SMILES string of the molecule is CCC(C)COCCOCCOCCOCCOCC(=O)OC. The number of ether oxygens (including phenoxy) is 6. The molecule has 7 heteroatoms. The highest BCUT2D eigenvalue weighted by Crippen LogP contribution is 1.99. The molecule has 0 spiro atoms. The van der Waals surface area contributed by atoms with E-state index in [0.29, 0.717) is 58.8 Å². The molecular weight excluding hydrogens is 304 g/mol. The molecule has 0 aromatic heterocycles. The molecule has 0 heterocycles. The molecule has 0 aliphatic rings. The van der Waals surface area contributed by atoms with Crippen LogP contribution in [0.15, 0.2) is 0 Å². The molecule has 0 amide bonds. The minimum atomic E-state index is -0.390. The summed E-state index contributed by atoms with van der Waals surface area (Å²) in [4.78, 5) is 10.7. The number of carbonyl (C=O) groups is 1. The van der Waals surface area contributed by atoms with Gasteiger partial charge in [-0.2, -0.15) is 0 Å². The quantitative estimate of drug-likeness (QED) is 0.293. The molecule has 0 aromatic carbocycles. The van der Waals surface area contributed by atoms with Crippen molar-refractivity contribution in [3.63, 3.8) is 0 Å². The Balaban J connectivity index is 3.04. The Kier molecular flexibility index (Phi) is 17.1. The van der Waals surface area contributed by atoms with Crippen molar-refractivity contribution in [1.82, 2.24) is 0 Å². The fourth-order valence-corrected chi connectivity index (χ4v) is 1.39. The third-order valence-electron chi connectivity index (χ3n) is 3.03. The zero-order valence-corrected chi connectivity index (χ0v) is 14.7. The average Bonchev–Trinajstić information content (AvgIpc) is 2.57. The first-order chi connectivity index (χ1) is 11.2. The van der Waals surface area contributed by atoms with E-state index in [0.717, 1.165) is 13.0 Å². The van der Waals surface area contributed by atoms with Gasteiger partial charge in [-0.15, -0.1) is 0 Å². The molecule has 0 bridgehead atoms. The first-order valence-electron chi connectivity index (χ1n) is 8.16. The van der Waals surface area contributed by atoms with Crippen molar-refractivity contribution in [1.29, 1.82) is 0 Å². The number of carbonyl (C=O) groups excluding carboxylic acids is 1. The minimum Gasteiger partial charge on any atom is -0.467 e. The summed E-state index contributed by atoms with van der Waals surface area (Å²) >= 11 is 0. The zero-order valence-electron chi connectivity index (χ0n) is 14.7. The lowest BCUT2D eigenvalue weighted by atomic mass is 10.1. The highest BCUT2D eigenvalue weighted by molar-refractivity contribution is 5.70. The Hall–Kier alpha value is -0.730. The van der Waals surface area contributed by atoms with Crippen LogP contribution in [0.2, 0.25) is 0 Å². The predicted octanol–water partition coefficient (Wildman–Crippen LogP) is 1.29. The molecule has 1 atom stereocenters. The van der Waals surface area contributed by atoms with Gasteiger partial charge in [0.25, 0.3) is 0 Å². The van der Waals surface area contributed by atoms with E-state index in [1.54, 1.807) is 0 Å². The summed E-state index contributed by atoms with van der Waals surface area (Å²) in [5.74, 6) is 0.211. The molecule has 0 radical (unpaired) electrons. The van der Waals surface area contributed by atoms with E-state index in [-0.39, 0.29) is 6.61 Å². The Labute approximate surface area is 139 Å². The standard InChI is InChI=1S/C16H32O7/c1-4-15(2)13-22-11-9-20-7-5-19-6-8-21-10-12-23-14-16(17)18-3/h15H,4-14H2,1-3H3. The van der Waals surface area contributed by atoms with Crippen LogP contribution in [0.3, 0.4) is 0 Å². The minimum absolute atomic E-state index is 0.0469. The van der Waals surface area contributed by atoms with E-state index >= 15 is 0 Å². The summed E-state index contributed by atoms with van der Waals surface area (Å²) in [5, 5.41) is 0. The Morgan fingerprint density at radius 3 is 1.65 bits per heavy atom. The fourth-order valence-electron chi connectivity index (χ4n) is 1.39. The summed E-state index contributed by atoms with van der Waals surface area (Å²) in [6, 6.07) is 0. The zero-order chi connectivity index (χ0) is 17.2. The van der Waals surface area contributed by atoms with Gasteiger partial charge in [-0.1, -0.05) is 20.3 Å². The third-order valence-corrected chi connectivity index (χ3v) is 3.03. The molecule has 1 unspecified atom stereocenters. The van der Waals surface area contributed by atoms with Gasteiger partial charge in [0.1, 0.15) is 6.61 Å². The topological polar surface area (TPSA) is 72.5 Å². The van der Waals surface area contributed by atoms with E-state index in [4.69, 9.17) is 23.7 Å². The molecule has 0 aromatic rings. The van der Waals surface area contributed by atoms with Crippen molar-refractivity contribution in [3.05, 3.63) is 0 Å². The molecule has 0 fully saturated rings.